The smallest absolute Gasteiger partial charge is 0.414 e. The van der Waals surface area contributed by atoms with Crippen LogP contribution in [0.15, 0.2) is 59.6 Å². The second kappa shape index (κ2) is 12.9. The molecule has 9 nitrogen and oxygen atoms in total. The number of carbonyl (C=O) groups excluding carboxylic acids is 2. The molecule has 2 amide bonds. The van der Waals surface area contributed by atoms with Gasteiger partial charge in [-0.15, -0.1) is 0 Å². The number of fused-ring (bicyclic) bond motifs is 3. The van der Waals surface area contributed by atoms with Crippen molar-refractivity contribution in [2.24, 2.45) is 4.99 Å². The average Bonchev–Trinajstić information content (AvgIpc) is 3.15. The number of aromatic nitrogens is 1. The molecule has 4 aromatic rings. The highest BCUT2D eigenvalue weighted by Gasteiger charge is 2.21. The van der Waals surface area contributed by atoms with Crippen molar-refractivity contribution >= 4 is 86.1 Å². The first-order chi connectivity index (χ1) is 20.1. The van der Waals surface area contributed by atoms with E-state index < -0.39 is 23.4 Å². The van der Waals surface area contributed by atoms with Crippen LogP contribution in [0.1, 0.15) is 41.5 Å². The molecular weight excluding hydrogens is 613 g/mol. The molecule has 1 aromatic heterocycles. The van der Waals surface area contributed by atoms with Crippen molar-refractivity contribution in [1.29, 1.82) is 0 Å². The van der Waals surface area contributed by atoms with Crippen LogP contribution in [0.2, 0.25) is 15.1 Å². The van der Waals surface area contributed by atoms with Crippen molar-refractivity contribution in [3.8, 4) is 0 Å². The summed E-state index contributed by atoms with van der Waals surface area (Å²) in [5, 5.41) is 11.8. The number of halogens is 3. The molecule has 228 valence electrons. The van der Waals surface area contributed by atoms with E-state index in [0.717, 1.165) is 33.2 Å². The molecule has 4 rings (SSSR count). The van der Waals surface area contributed by atoms with Crippen LogP contribution >= 0.6 is 34.8 Å². The number of carbonyl (C=O) groups is 2. The molecule has 0 unspecified atom stereocenters. The average molecular weight is 647 g/mol. The quantitative estimate of drug-likeness (QED) is 0.148. The Morgan fingerprint density at radius 1 is 0.744 bits per heavy atom. The molecule has 0 radical (unpaired) electrons. The number of ether oxygens (including phenoxy) is 2. The fraction of sp³-hybridized carbons (Fsp3) is 0.323. The minimum absolute atomic E-state index is 0.101. The Morgan fingerprint density at radius 2 is 1.28 bits per heavy atom. The maximum absolute atomic E-state index is 12.5. The Balaban J connectivity index is 1.67. The SMILES string of the molecule is CC(C)(C)OC(=O)NC(=NCCn1c2cc(Nc3ccc(Cl)cc3)ccc2c2cc(Cl)c(Cl)cc21)NC(=O)OC(C)(C)C. The first kappa shape index (κ1) is 32.3. The van der Waals surface area contributed by atoms with Crippen molar-refractivity contribution in [2.45, 2.75) is 59.3 Å². The van der Waals surface area contributed by atoms with Gasteiger partial charge in [-0.2, -0.15) is 0 Å². The van der Waals surface area contributed by atoms with Gasteiger partial charge < -0.3 is 19.4 Å². The maximum Gasteiger partial charge on any atom is 0.414 e. The van der Waals surface area contributed by atoms with Crippen LogP contribution in [0, 0.1) is 0 Å². The highest BCUT2D eigenvalue weighted by molar-refractivity contribution is 6.43. The monoisotopic (exact) mass is 645 g/mol. The normalized spacial score (nSPS) is 11.7. The molecule has 0 fully saturated rings. The van der Waals surface area contributed by atoms with E-state index in [9.17, 15) is 9.59 Å². The van der Waals surface area contributed by atoms with Gasteiger partial charge in [0.15, 0.2) is 0 Å². The molecule has 1 heterocycles. The van der Waals surface area contributed by atoms with Gasteiger partial charge in [-0.25, -0.2) is 9.59 Å². The van der Waals surface area contributed by atoms with E-state index in [0.29, 0.717) is 21.6 Å². The van der Waals surface area contributed by atoms with E-state index in [1.807, 2.05) is 54.6 Å². The predicted molar refractivity (Wildman–Crippen MR) is 175 cm³/mol. The fourth-order valence-electron chi connectivity index (χ4n) is 4.28. The number of hydrogen-bond donors (Lipinski definition) is 3. The molecule has 0 atom stereocenters. The number of amides is 2. The summed E-state index contributed by atoms with van der Waals surface area (Å²) in [5.74, 6) is -0.101. The molecule has 0 aliphatic heterocycles. The summed E-state index contributed by atoms with van der Waals surface area (Å²) in [7, 11) is 0. The van der Waals surface area contributed by atoms with E-state index in [1.54, 1.807) is 41.5 Å². The molecule has 0 bridgehead atoms. The number of anilines is 2. The minimum Gasteiger partial charge on any atom is -0.444 e. The molecule has 0 saturated heterocycles. The standard InChI is InChI=1S/C31H34Cl3N5O4/c1-30(2,3)42-28(40)37-27(38-29(41)43-31(4,5)6)35-13-14-39-25-15-20(36-19-9-7-18(32)8-10-19)11-12-21(25)22-16-23(33)24(34)17-26(22)39/h7-12,15-17,36H,13-14H2,1-6H3,(H2,35,37,38,40,41). The van der Waals surface area contributed by atoms with Crippen molar-refractivity contribution < 1.29 is 19.1 Å². The summed E-state index contributed by atoms with van der Waals surface area (Å²) in [6.07, 6.45) is -1.53. The summed E-state index contributed by atoms with van der Waals surface area (Å²) in [6, 6.07) is 17.1. The van der Waals surface area contributed by atoms with Crippen molar-refractivity contribution in [2.75, 3.05) is 11.9 Å². The summed E-state index contributed by atoms with van der Waals surface area (Å²) in [6.45, 7) is 11.0. The van der Waals surface area contributed by atoms with E-state index in [2.05, 4.69) is 25.5 Å². The van der Waals surface area contributed by atoms with Crippen LogP contribution in [0.25, 0.3) is 21.8 Å². The molecule has 0 aliphatic carbocycles. The Labute approximate surface area is 265 Å². The van der Waals surface area contributed by atoms with Gasteiger partial charge in [0.2, 0.25) is 5.96 Å². The van der Waals surface area contributed by atoms with Gasteiger partial charge in [0.1, 0.15) is 11.2 Å². The number of nitrogens with one attached hydrogen (secondary N) is 3. The predicted octanol–water partition coefficient (Wildman–Crippen LogP) is 8.90. The number of rotatable bonds is 5. The van der Waals surface area contributed by atoms with Gasteiger partial charge in [-0.05, 0) is 90.1 Å². The van der Waals surface area contributed by atoms with Crippen molar-refractivity contribution in [1.82, 2.24) is 15.2 Å². The summed E-state index contributed by atoms with van der Waals surface area (Å²) < 4.78 is 12.7. The van der Waals surface area contributed by atoms with Crippen molar-refractivity contribution in [3.05, 3.63) is 69.7 Å². The second-order valence-electron chi connectivity index (χ2n) is 11.8. The number of alkyl carbamates (subject to hydrolysis) is 2. The van der Waals surface area contributed by atoms with E-state index in [-0.39, 0.29) is 12.5 Å². The van der Waals surface area contributed by atoms with Gasteiger partial charge in [0.25, 0.3) is 0 Å². The molecular formula is C31H34Cl3N5O4. The largest absolute Gasteiger partial charge is 0.444 e. The zero-order valence-corrected chi connectivity index (χ0v) is 27.0. The summed E-state index contributed by atoms with van der Waals surface area (Å²) in [5.41, 5.74) is 2.01. The van der Waals surface area contributed by atoms with Crippen molar-refractivity contribution in [3.63, 3.8) is 0 Å². The summed E-state index contributed by atoms with van der Waals surface area (Å²) in [4.78, 5) is 29.5. The highest BCUT2D eigenvalue weighted by atomic mass is 35.5. The second-order valence-corrected chi connectivity index (χ2v) is 13.0. The number of aliphatic imine (C=N–C) groups is 1. The van der Waals surface area contributed by atoms with Gasteiger partial charge in [0, 0.05) is 33.7 Å². The molecule has 3 N–H and O–H groups in total. The van der Waals surface area contributed by atoms with E-state index >= 15 is 0 Å². The number of nitrogens with zero attached hydrogens (tertiary/aromatic N) is 2. The number of benzene rings is 3. The molecule has 12 heteroatoms. The third kappa shape index (κ3) is 8.92. The van der Waals surface area contributed by atoms with Crippen LogP contribution < -0.4 is 16.0 Å². The minimum atomic E-state index is -0.765. The third-order valence-electron chi connectivity index (χ3n) is 5.87. The topological polar surface area (TPSA) is 106 Å². The lowest BCUT2D eigenvalue weighted by atomic mass is 10.1. The Hall–Kier alpha value is -3.66. The van der Waals surface area contributed by atoms with Gasteiger partial charge in [0.05, 0.1) is 27.6 Å². The Kier molecular flexibility index (Phi) is 9.69. The van der Waals surface area contributed by atoms with Gasteiger partial charge >= 0.3 is 12.2 Å². The van der Waals surface area contributed by atoms with E-state index in [1.165, 1.54) is 0 Å². The molecule has 43 heavy (non-hydrogen) atoms. The summed E-state index contributed by atoms with van der Waals surface area (Å²) >= 11 is 18.9. The molecule has 0 aliphatic rings. The van der Waals surface area contributed by atoms with Gasteiger partial charge in [-0.1, -0.05) is 40.9 Å². The molecule has 3 aromatic carbocycles. The third-order valence-corrected chi connectivity index (χ3v) is 6.85. The molecule has 0 saturated carbocycles. The molecule has 0 spiro atoms. The fourth-order valence-corrected chi connectivity index (χ4v) is 4.73. The van der Waals surface area contributed by atoms with Crippen LogP contribution in [-0.4, -0.2) is 40.5 Å². The number of hydrogen-bond acceptors (Lipinski definition) is 6. The lowest BCUT2D eigenvalue weighted by Gasteiger charge is -2.22. The lowest BCUT2D eigenvalue weighted by Crippen LogP contribution is -2.47. The van der Waals surface area contributed by atoms with Crippen LogP contribution in [-0.2, 0) is 16.0 Å². The zero-order valence-electron chi connectivity index (χ0n) is 24.8. The van der Waals surface area contributed by atoms with Crippen LogP contribution in [0.5, 0.6) is 0 Å². The van der Waals surface area contributed by atoms with Gasteiger partial charge in [-0.3, -0.25) is 15.6 Å². The van der Waals surface area contributed by atoms with Crippen LogP contribution in [0.4, 0.5) is 21.0 Å². The maximum atomic E-state index is 12.5. The Morgan fingerprint density at radius 3 is 1.86 bits per heavy atom. The lowest BCUT2D eigenvalue weighted by molar-refractivity contribution is 0.0545. The first-order valence-corrected chi connectivity index (χ1v) is 14.7. The van der Waals surface area contributed by atoms with E-state index in [4.69, 9.17) is 44.3 Å². The highest BCUT2D eigenvalue weighted by Crippen LogP contribution is 2.36. The zero-order chi connectivity index (χ0) is 31.5. The first-order valence-electron chi connectivity index (χ1n) is 13.6. The van der Waals surface area contributed by atoms with Crippen LogP contribution in [0.3, 0.4) is 0 Å². The number of guanidine groups is 1. The Bertz CT molecular complexity index is 1650.